The molecule has 0 aromatic carbocycles. The predicted octanol–water partition coefficient (Wildman–Crippen LogP) is 2.48. The number of carbonyl (C=O) groups excluding carboxylic acids is 1. The Morgan fingerprint density at radius 2 is 2.00 bits per heavy atom. The number of nitrogens with zero attached hydrogens (tertiary/aromatic N) is 1. The van der Waals surface area contributed by atoms with Gasteiger partial charge in [-0.3, -0.25) is 4.79 Å². The Morgan fingerprint density at radius 1 is 1.38 bits per heavy atom. The monoisotopic (exact) mass is 220 g/mol. The van der Waals surface area contributed by atoms with Gasteiger partial charge in [0, 0.05) is 18.4 Å². The van der Waals surface area contributed by atoms with Crippen LogP contribution in [0.4, 0.5) is 0 Å². The van der Waals surface area contributed by atoms with E-state index >= 15 is 0 Å². The quantitative estimate of drug-likeness (QED) is 0.817. The summed E-state index contributed by atoms with van der Waals surface area (Å²) in [7, 11) is 2.03. The normalized spacial score (nSPS) is 17.6. The molecule has 0 saturated heterocycles. The Hall–Kier alpha value is -1.25. The van der Waals surface area contributed by atoms with E-state index in [2.05, 4.69) is 4.57 Å². The first-order valence-electron chi connectivity index (χ1n) is 6.07. The van der Waals surface area contributed by atoms with Crippen LogP contribution in [0.1, 0.15) is 59.8 Å². The molecule has 1 fully saturated rings. The van der Waals surface area contributed by atoms with Gasteiger partial charge in [0.05, 0.1) is 5.56 Å². The smallest absolute Gasteiger partial charge is 0.250 e. The molecule has 0 atom stereocenters. The standard InChI is InChI=1S/C13H20N2O/c1-9-11(13(14)16)8-12(15(9)2)10-6-4-3-5-7-10/h8,10H,3-7H2,1-2H3,(H2,14,16). The topological polar surface area (TPSA) is 48.0 Å². The van der Waals surface area contributed by atoms with Crippen LogP contribution < -0.4 is 5.73 Å². The zero-order valence-corrected chi connectivity index (χ0v) is 10.1. The van der Waals surface area contributed by atoms with Gasteiger partial charge in [0.2, 0.25) is 0 Å². The van der Waals surface area contributed by atoms with Crippen LogP contribution in [-0.4, -0.2) is 10.5 Å². The van der Waals surface area contributed by atoms with Gasteiger partial charge >= 0.3 is 0 Å². The van der Waals surface area contributed by atoms with Gasteiger partial charge in [-0.05, 0) is 31.7 Å². The Balaban J connectivity index is 2.33. The highest BCUT2D eigenvalue weighted by molar-refractivity contribution is 5.94. The van der Waals surface area contributed by atoms with Gasteiger partial charge in [0.1, 0.15) is 0 Å². The molecule has 0 radical (unpaired) electrons. The lowest BCUT2D eigenvalue weighted by atomic mass is 9.87. The molecule has 0 spiro atoms. The molecule has 1 heterocycles. The van der Waals surface area contributed by atoms with E-state index < -0.39 is 0 Å². The van der Waals surface area contributed by atoms with Gasteiger partial charge in [-0.25, -0.2) is 0 Å². The molecule has 88 valence electrons. The summed E-state index contributed by atoms with van der Waals surface area (Å²) in [6, 6.07) is 1.99. The molecule has 1 aromatic heterocycles. The highest BCUT2D eigenvalue weighted by atomic mass is 16.1. The molecule has 1 saturated carbocycles. The van der Waals surface area contributed by atoms with Crippen molar-refractivity contribution in [3.63, 3.8) is 0 Å². The fourth-order valence-corrected chi connectivity index (χ4v) is 2.76. The van der Waals surface area contributed by atoms with Crippen LogP contribution in [-0.2, 0) is 7.05 Å². The first kappa shape index (κ1) is 11.2. The van der Waals surface area contributed by atoms with Gasteiger partial charge in [0.25, 0.3) is 5.91 Å². The van der Waals surface area contributed by atoms with Crippen LogP contribution in [0.15, 0.2) is 6.07 Å². The fourth-order valence-electron chi connectivity index (χ4n) is 2.76. The third kappa shape index (κ3) is 1.86. The molecule has 1 aliphatic carbocycles. The van der Waals surface area contributed by atoms with Crippen molar-refractivity contribution in [3.05, 3.63) is 23.0 Å². The van der Waals surface area contributed by atoms with Crippen LogP contribution in [0.5, 0.6) is 0 Å². The van der Waals surface area contributed by atoms with Crippen molar-refractivity contribution < 1.29 is 4.79 Å². The number of nitrogens with two attached hydrogens (primary N) is 1. The average Bonchev–Trinajstić information content (AvgIpc) is 2.58. The first-order chi connectivity index (χ1) is 7.61. The van der Waals surface area contributed by atoms with E-state index in [1.165, 1.54) is 37.8 Å². The minimum atomic E-state index is -0.310. The van der Waals surface area contributed by atoms with E-state index in [1.54, 1.807) is 0 Å². The molecule has 2 rings (SSSR count). The zero-order valence-electron chi connectivity index (χ0n) is 10.1. The zero-order chi connectivity index (χ0) is 11.7. The molecular weight excluding hydrogens is 200 g/mol. The van der Waals surface area contributed by atoms with Gasteiger partial charge in [-0.15, -0.1) is 0 Å². The maximum Gasteiger partial charge on any atom is 0.250 e. The molecule has 2 N–H and O–H groups in total. The van der Waals surface area contributed by atoms with Crippen molar-refractivity contribution >= 4 is 5.91 Å². The number of primary amides is 1. The van der Waals surface area contributed by atoms with Crippen molar-refractivity contribution in [1.82, 2.24) is 4.57 Å². The molecule has 1 aromatic rings. The van der Waals surface area contributed by atoms with Crippen LogP contribution in [0, 0.1) is 6.92 Å². The van der Waals surface area contributed by atoms with Gasteiger partial charge in [-0.2, -0.15) is 0 Å². The third-order valence-corrected chi connectivity index (χ3v) is 3.86. The number of hydrogen-bond donors (Lipinski definition) is 1. The van der Waals surface area contributed by atoms with E-state index in [1.807, 2.05) is 20.0 Å². The molecule has 3 nitrogen and oxygen atoms in total. The van der Waals surface area contributed by atoms with E-state index in [9.17, 15) is 4.79 Å². The second kappa shape index (κ2) is 4.32. The third-order valence-electron chi connectivity index (χ3n) is 3.86. The Bertz CT molecular complexity index is 400. The van der Waals surface area contributed by atoms with Crippen molar-refractivity contribution in [2.75, 3.05) is 0 Å². The molecule has 3 heteroatoms. The number of aromatic nitrogens is 1. The van der Waals surface area contributed by atoms with Gasteiger partial charge in [0.15, 0.2) is 0 Å². The molecule has 1 amide bonds. The van der Waals surface area contributed by atoms with Crippen molar-refractivity contribution in [1.29, 1.82) is 0 Å². The number of hydrogen-bond acceptors (Lipinski definition) is 1. The second-order valence-electron chi connectivity index (χ2n) is 4.83. The summed E-state index contributed by atoms with van der Waals surface area (Å²) in [6.45, 7) is 1.96. The van der Waals surface area contributed by atoms with Crippen LogP contribution in [0.25, 0.3) is 0 Å². The lowest BCUT2D eigenvalue weighted by Gasteiger charge is -2.22. The van der Waals surface area contributed by atoms with Crippen LogP contribution in [0.2, 0.25) is 0 Å². The second-order valence-corrected chi connectivity index (χ2v) is 4.83. The maximum atomic E-state index is 11.3. The van der Waals surface area contributed by atoms with Crippen molar-refractivity contribution in [2.24, 2.45) is 12.8 Å². The predicted molar refractivity (Wildman–Crippen MR) is 64.5 cm³/mol. The van der Waals surface area contributed by atoms with Gasteiger partial charge < -0.3 is 10.3 Å². The molecule has 16 heavy (non-hydrogen) atoms. The highest BCUT2D eigenvalue weighted by Crippen LogP contribution is 2.34. The fraction of sp³-hybridized carbons (Fsp3) is 0.615. The summed E-state index contributed by atoms with van der Waals surface area (Å²) < 4.78 is 2.13. The summed E-state index contributed by atoms with van der Waals surface area (Å²) in [4.78, 5) is 11.3. The summed E-state index contributed by atoms with van der Waals surface area (Å²) in [6.07, 6.45) is 6.45. The summed E-state index contributed by atoms with van der Waals surface area (Å²) >= 11 is 0. The van der Waals surface area contributed by atoms with E-state index in [4.69, 9.17) is 5.73 Å². The summed E-state index contributed by atoms with van der Waals surface area (Å²) in [5.41, 5.74) is 8.33. The van der Waals surface area contributed by atoms with E-state index in [0.29, 0.717) is 11.5 Å². The average molecular weight is 220 g/mol. The Labute approximate surface area is 96.6 Å². The number of amides is 1. The summed E-state index contributed by atoms with van der Waals surface area (Å²) in [5.74, 6) is 0.306. The molecule has 0 bridgehead atoms. The minimum Gasteiger partial charge on any atom is -0.366 e. The molecular formula is C13H20N2O. The maximum absolute atomic E-state index is 11.3. The Morgan fingerprint density at radius 3 is 2.50 bits per heavy atom. The lowest BCUT2D eigenvalue weighted by molar-refractivity contribution is 0.0999. The lowest BCUT2D eigenvalue weighted by Crippen LogP contribution is -2.11. The molecule has 0 aliphatic heterocycles. The summed E-state index contributed by atoms with van der Waals surface area (Å²) in [5, 5.41) is 0. The van der Waals surface area contributed by atoms with E-state index in [0.717, 1.165) is 5.69 Å². The minimum absolute atomic E-state index is 0.310. The largest absolute Gasteiger partial charge is 0.366 e. The Kier molecular flexibility index (Phi) is 3.03. The van der Waals surface area contributed by atoms with Crippen molar-refractivity contribution in [2.45, 2.75) is 44.9 Å². The van der Waals surface area contributed by atoms with Crippen LogP contribution >= 0.6 is 0 Å². The number of rotatable bonds is 2. The van der Waals surface area contributed by atoms with E-state index in [-0.39, 0.29) is 5.91 Å². The SMILES string of the molecule is Cc1c(C(N)=O)cc(C2CCCCC2)n1C. The van der Waals surface area contributed by atoms with Crippen LogP contribution in [0.3, 0.4) is 0 Å². The number of carbonyl (C=O) groups is 1. The molecule has 1 aliphatic rings. The van der Waals surface area contributed by atoms with Crippen molar-refractivity contribution in [3.8, 4) is 0 Å². The molecule has 0 unspecified atom stereocenters. The first-order valence-corrected chi connectivity index (χ1v) is 6.07. The highest BCUT2D eigenvalue weighted by Gasteiger charge is 2.21. The van der Waals surface area contributed by atoms with Gasteiger partial charge in [-0.1, -0.05) is 19.3 Å².